The van der Waals surface area contributed by atoms with Gasteiger partial charge in [-0.1, -0.05) is 17.7 Å². The lowest BCUT2D eigenvalue weighted by molar-refractivity contribution is -0.121. The predicted molar refractivity (Wildman–Crippen MR) is 111 cm³/mol. The summed E-state index contributed by atoms with van der Waals surface area (Å²) in [6.07, 6.45) is 1.24. The van der Waals surface area contributed by atoms with Crippen LogP contribution in [0.4, 0.5) is 16.2 Å². The Balaban J connectivity index is 1.53. The summed E-state index contributed by atoms with van der Waals surface area (Å²) in [6.45, 7) is 3.03. The Morgan fingerprint density at radius 1 is 1.07 bits per heavy atom. The molecule has 0 bridgehead atoms. The number of ether oxygens (including phenoxy) is 1. The van der Waals surface area contributed by atoms with Gasteiger partial charge in [-0.05, 0) is 61.7 Å². The number of nitrogens with one attached hydrogen (secondary N) is 2. The minimum atomic E-state index is -0.165. The van der Waals surface area contributed by atoms with Crippen molar-refractivity contribution in [1.29, 1.82) is 0 Å². The second kappa shape index (κ2) is 8.97. The fourth-order valence-electron chi connectivity index (χ4n) is 3.23. The van der Waals surface area contributed by atoms with Gasteiger partial charge in [-0.2, -0.15) is 0 Å². The maximum atomic E-state index is 12.6. The molecule has 2 aromatic rings. The number of aryl methyl sites for hydroxylation is 1. The standard InChI is InChI=1S/C21H24ClN3O3/c1-14-3-8-19(28-2)18(13-14)24-20(26)15-9-11-25(12-10-15)21(27)23-17-6-4-16(22)5-7-17/h3-8,13,15H,9-12H2,1-2H3,(H,23,27)(H,24,26). The lowest BCUT2D eigenvalue weighted by Gasteiger charge is -2.31. The van der Waals surface area contributed by atoms with Crippen LogP contribution in [0.25, 0.3) is 0 Å². The van der Waals surface area contributed by atoms with Crippen LogP contribution in [0.15, 0.2) is 42.5 Å². The second-order valence-corrected chi connectivity index (χ2v) is 7.33. The van der Waals surface area contributed by atoms with E-state index in [9.17, 15) is 9.59 Å². The maximum absolute atomic E-state index is 12.6. The first kappa shape index (κ1) is 20.0. The Hall–Kier alpha value is -2.73. The van der Waals surface area contributed by atoms with Gasteiger partial charge in [0.1, 0.15) is 5.75 Å². The van der Waals surface area contributed by atoms with E-state index in [0.717, 1.165) is 5.56 Å². The fourth-order valence-corrected chi connectivity index (χ4v) is 3.36. The van der Waals surface area contributed by atoms with Gasteiger partial charge in [0.2, 0.25) is 5.91 Å². The van der Waals surface area contributed by atoms with Crippen LogP contribution in [0.3, 0.4) is 0 Å². The SMILES string of the molecule is COc1ccc(C)cc1NC(=O)C1CCN(C(=O)Nc2ccc(Cl)cc2)CC1. The van der Waals surface area contributed by atoms with Gasteiger partial charge in [-0.3, -0.25) is 4.79 Å². The average molecular weight is 402 g/mol. The van der Waals surface area contributed by atoms with E-state index >= 15 is 0 Å². The fraction of sp³-hybridized carbons (Fsp3) is 0.333. The minimum absolute atomic E-state index is 0.0401. The van der Waals surface area contributed by atoms with Crippen LogP contribution in [-0.2, 0) is 4.79 Å². The summed E-state index contributed by atoms with van der Waals surface area (Å²) in [7, 11) is 1.58. The molecule has 2 N–H and O–H groups in total. The molecule has 2 aromatic carbocycles. The summed E-state index contributed by atoms with van der Waals surface area (Å²) >= 11 is 5.86. The number of anilines is 2. The van der Waals surface area contributed by atoms with Crippen molar-refractivity contribution in [1.82, 2.24) is 4.90 Å². The highest BCUT2D eigenvalue weighted by atomic mass is 35.5. The van der Waals surface area contributed by atoms with Crippen molar-refractivity contribution in [2.45, 2.75) is 19.8 Å². The number of carbonyl (C=O) groups is 2. The Bertz CT molecular complexity index is 846. The first-order valence-electron chi connectivity index (χ1n) is 9.23. The van der Waals surface area contributed by atoms with Gasteiger partial charge in [0.15, 0.2) is 0 Å². The third-order valence-electron chi connectivity index (χ3n) is 4.86. The Morgan fingerprint density at radius 3 is 2.39 bits per heavy atom. The molecular formula is C21H24ClN3O3. The smallest absolute Gasteiger partial charge is 0.321 e. The number of hydrogen-bond acceptors (Lipinski definition) is 3. The van der Waals surface area contributed by atoms with E-state index in [1.165, 1.54) is 0 Å². The highest BCUT2D eigenvalue weighted by Gasteiger charge is 2.28. The number of hydrogen-bond donors (Lipinski definition) is 2. The van der Waals surface area contributed by atoms with E-state index in [1.807, 2.05) is 25.1 Å². The number of rotatable bonds is 4. The summed E-state index contributed by atoms with van der Waals surface area (Å²) in [5, 5.41) is 6.44. The van der Waals surface area contributed by atoms with Gasteiger partial charge in [0.25, 0.3) is 0 Å². The van der Waals surface area contributed by atoms with Crippen molar-refractivity contribution in [3.8, 4) is 5.75 Å². The third-order valence-corrected chi connectivity index (χ3v) is 5.11. The molecule has 3 amide bonds. The number of likely N-dealkylation sites (tertiary alicyclic amines) is 1. The molecule has 1 saturated heterocycles. The largest absolute Gasteiger partial charge is 0.495 e. The number of benzene rings is 2. The Morgan fingerprint density at radius 2 is 1.75 bits per heavy atom. The molecule has 1 heterocycles. The molecule has 148 valence electrons. The highest BCUT2D eigenvalue weighted by molar-refractivity contribution is 6.30. The number of piperidine rings is 1. The Kier molecular flexibility index (Phi) is 6.41. The number of methoxy groups -OCH3 is 1. The molecule has 0 saturated carbocycles. The van der Waals surface area contributed by atoms with Crippen LogP contribution in [0.1, 0.15) is 18.4 Å². The van der Waals surface area contributed by atoms with E-state index < -0.39 is 0 Å². The molecule has 3 rings (SSSR count). The van der Waals surface area contributed by atoms with Crippen LogP contribution in [0.2, 0.25) is 5.02 Å². The van der Waals surface area contributed by atoms with E-state index in [1.54, 1.807) is 36.3 Å². The van der Waals surface area contributed by atoms with Crippen molar-refractivity contribution < 1.29 is 14.3 Å². The zero-order valence-corrected chi connectivity index (χ0v) is 16.8. The monoisotopic (exact) mass is 401 g/mol. The van der Waals surface area contributed by atoms with Crippen molar-refractivity contribution in [3.63, 3.8) is 0 Å². The number of halogens is 1. The van der Waals surface area contributed by atoms with Crippen LogP contribution >= 0.6 is 11.6 Å². The van der Waals surface area contributed by atoms with Gasteiger partial charge in [-0.15, -0.1) is 0 Å². The Labute approximate surface area is 169 Å². The second-order valence-electron chi connectivity index (χ2n) is 6.89. The van der Waals surface area contributed by atoms with Gasteiger partial charge < -0.3 is 20.3 Å². The van der Waals surface area contributed by atoms with Crippen LogP contribution in [0, 0.1) is 12.8 Å². The molecule has 1 aliphatic heterocycles. The summed E-state index contributed by atoms with van der Waals surface area (Å²) in [6, 6.07) is 12.5. The molecule has 7 heteroatoms. The molecular weight excluding hydrogens is 378 g/mol. The van der Waals surface area contributed by atoms with Gasteiger partial charge in [-0.25, -0.2) is 4.79 Å². The van der Waals surface area contributed by atoms with E-state index in [-0.39, 0.29) is 17.9 Å². The molecule has 6 nitrogen and oxygen atoms in total. The third kappa shape index (κ3) is 4.95. The maximum Gasteiger partial charge on any atom is 0.321 e. The summed E-state index contributed by atoms with van der Waals surface area (Å²) in [4.78, 5) is 26.8. The lowest BCUT2D eigenvalue weighted by atomic mass is 9.96. The van der Waals surface area contributed by atoms with Crippen molar-refractivity contribution in [3.05, 3.63) is 53.1 Å². The van der Waals surface area contributed by atoms with Crippen molar-refractivity contribution in [2.75, 3.05) is 30.8 Å². The zero-order valence-electron chi connectivity index (χ0n) is 16.0. The molecule has 0 radical (unpaired) electrons. The molecule has 0 aromatic heterocycles. The van der Waals surface area contributed by atoms with Gasteiger partial charge in [0, 0.05) is 29.7 Å². The molecule has 1 aliphatic rings. The van der Waals surface area contributed by atoms with Crippen molar-refractivity contribution in [2.24, 2.45) is 5.92 Å². The van der Waals surface area contributed by atoms with Gasteiger partial charge >= 0.3 is 6.03 Å². The zero-order chi connectivity index (χ0) is 20.1. The molecule has 1 fully saturated rings. The lowest BCUT2D eigenvalue weighted by Crippen LogP contribution is -2.43. The number of amides is 3. The normalized spacial score (nSPS) is 14.5. The summed E-state index contributed by atoms with van der Waals surface area (Å²) in [5.74, 6) is 0.463. The summed E-state index contributed by atoms with van der Waals surface area (Å²) < 4.78 is 5.32. The van der Waals surface area contributed by atoms with Crippen LogP contribution in [-0.4, -0.2) is 37.0 Å². The van der Waals surface area contributed by atoms with E-state index in [4.69, 9.17) is 16.3 Å². The number of carbonyl (C=O) groups excluding carboxylic acids is 2. The minimum Gasteiger partial charge on any atom is -0.495 e. The van der Waals surface area contributed by atoms with Crippen LogP contribution in [0.5, 0.6) is 5.75 Å². The molecule has 0 unspecified atom stereocenters. The van der Waals surface area contributed by atoms with E-state index in [2.05, 4.69) is 10.6 Å². The highest BCUT2D eigenvalue weighted by Crippen LogP contribution is 2.27. The predicted octanol–water partition coefficient (Wildman–Crippen LogP) is 4.54. The quantitative estimate of drug-likeness (QED) is 0.790. The van der Waals surface area contributed by atoms with E-state index in [0.29, 0.717) is 48.1 Å². The molecule has 28 heavy (non-hydrogen) atoms. The molecule has 0 spiro atoms. The first-order chi connectivity index (χ1) is 13.5. The first-order valence-corrected chi connectivity index (χ1v) is 9.61. The molecule has 0 aliphatic carbocycles. The number of nitrogens with zero attached hydrogens (tertiary/aromatic N) is 1. The molecule has 0 atom stereocenters. The number of urea groups is 1. The van der Waals surface area contributed by atoms with Crippen LogP contribution < -0.4 is 15.4 Å². The topological polar surface area (TPSA) is 70.7 Å². The van der Waals surface area contributed by atoms with Crippen molar-refractivity contribution >= 4 is 34.9 Å². The summed E-state index contributed by atoms with van der Waals surface area (Å²) in [5.41, 5.74) is 2.42. The van der Waals surface area contributed by atoms with Gasteiger partial charge in [0.05, 0.1) is 12.8 Å². The average Bonchev–Trinajstić information content (AvgIpc) is 2.70.